The monoisotopic (exact) mass is 523 g/mol. The Morgan fingerprint density at radius 1 is 1.24 bits per heavy atom. The molecule has 1 fully saturated rings. The topological polar surface area (TPSA) is 123 Å². The van der Waals surface area contributed by atoms with E-state index in [2.05, 4.69) is 20.0 Å². The Hall–Kier alpha value is -4.16. The quantitative estimate of drug-likeness (QED) is 0.325. The number of hydrogen-bond acceptors (Lipinski definition) is 8. The summed E-state index contributed by atoms with van der Waals surface area (Å²) in [5.74, 6) is -1.80. The lowest BCUT2D eigenvalue weighted by Crippen LogP contribution is -2.35. The first-order valence-electron chi connectivity index (χ1n) is 12.2. The molecule has 1 aliphatic rings. The number of likely N-dealkylation sites (tertiary alicyclic amines) is 1. The molecule has 1 amide bonds. The average Bonchev–Trinajstić information content (AvgIpc) is 3.55. The number of nitrogens with zero attached hydrogens (tertiary/aromatic N) is 6. The predicted octanol–water partition coefficient (Wildman–Crippen LogP) is 2.90. The summed E-state index contributed by atoms with van der Waals surface area (Å²) in [4.78, 5) is 23.7. The summed E-state index contributed by atoms with van der Waals surface area (Å²) < 4.78 is 36.5. The molecule has 0 radical (unpaired) electrons. The fourth-order valence-electron chi connectivity index (χ4n) is 4.72. The Kier molecular flexibility index (Phi) is 7.43. The molecule has 0 bridgehead atoms. The van der Waals surface area contributed by atoms with E-state index in [1.807, 2.05) is 0 Å². The van der Waals surface area contributed by atoms with Crippen molar-refractivity contribution < 1.29 is 23.4 Å². The Balaban J connectivity index is 1.47. The summed E-state index contributed by atoms with van der Waals surface area (Å²) in [6.07, 6.45) is 6.28. The van der Waals surface area contributed by atoms with E-state index in [0.717, 1.165) is 25.5 Å². The zero-order valence-corrected chi connectivity index (χ0v) is 20.5. The first-order chi connectivity index (χ1) is 18.4. The Morgan fingerprint density at radius 2 is 2.11 bits per heavy atom. The van der Waals surface area contributed by atoms with Gasteiger partial charge in [-0.3, -0.25) is 19.3 Å². The first kappa shape index (κ1) is 25.5. The van der Waals surface area contributed by atoms with E-state index in [9.17, 15) is 14.3 Å². The van der Waals surface area contributed by atoms with Crippen LogP contribution >= 0.6 is 0 Å². The molecule has 38 heavy (non-hydrogen) atoms. The van der Waals surface area contributed by atoms with E-state index in [1.165, 1.54) is 40.4 Å². The minimum atomic E-state index is -1.06. The van der Waals surface area contributed by atoms with Crippen molar-refractivity contribution in [2.24, 2.45) is 5.73 Å². The van der Waals surface area contributed by atoms with E-state index >= 15 is 4.39 Å². The summed E-state index contributed by atoms with van der Waals surface area (Å²) in [5, 5.41) is 14.2. The number of ether oxygens (including phenoxy) is 1. The van der Waals surface area contributed by atoms with Crippen LogP contribution in [-0.2, 0) is 11.3 Å². The smallest absolute Gasteiger partial charge is 0.239 e. The molecule has 1 aliphatic heterocycles. The molecule has 198 valence electrons. The number of aromatic nitrogens is 4. The number of fused-ring (bicyclic) bond motifs is 1. The number of aliphatic hydroxyl groups is 1. The van der Waals surface area contributed by atoms with Gasteiger partial charge in [0.05, 0.1) is 29.7 Å². The van der Waals surface area contributed by atoms with E-state index in [1.54, 1.807) is 18.2 Å². The molecule has 0 spiro atoms. The maximum atomic E-state index is 15.0. The lowest BCUT2D eigenvalue weighted by atomic mass is 10.2. The van der Waals surface area contributed by atoms with Crippen LogP contribution in [0.5, 0.6) is 5.75 Å². The number of nitrogens with two attached hydrogens (primary N) is 1. The fraction of sp³-hybridized carbons (Fsp3) is 0.308. The molecule has 0 saturated carbocycles. The van der Waals surface area contributed by atoms with Crippen LogP contribution in [0.1, 0.15) is 12.8 Å². The minimum Gasteiger partial charge on any atom is -0.492 e. The van der Waals surface area contributed by atoms with Crippen molar-refractivity contribution in [3.63, 3.8) is 0 Å². The number of primary amides is 1. The van der Waals surface area contributed by atoms with Crippen molar-refractivity contribution in [3.8, 4) is 5.75 Å². The second-order valence-electron chi connectivity index (χ2n) is 9.01. The van der Waals surface area contributed by atoms with Gasteiger partial charge in [-0.15, -0.1) is 0 Å². The van der Waals surface area contributed by atoms with Crippen molar-refractivity contribution in [1.29, 1.82) is 0 Å². The molecule has 10 nitrogen and oxygen atoms in total. The van der Waals surface area contributed by atoms with Gasteiger partial charge in [0.25, 0.3) is 0 Å². The summed E-state index contributed by atoms with van der Waals surface area (Å²) in [6, 6.07) is 9.29. The van der Waals surface area contributed by atoms with E-state index in [0.29, 0.717) is 35.5 Å². The number of halogens is 2. The van der Waals surface area contributed by atoms with Crippen molar-refractivity contribution in [2.45, 2.75) is 25.4 Å². The molecule has 1 saturated heterocycles. The zero-order valence-electron chi connectivity index (χ0n) is 20.5. The van der Waals surface area contributed by atoms with Crippen LogP contribution in [0.2, 0.25) is 0 Å². The van der Waals surface area contributed by atoms with Crippen molar-refractivity contribution in [3.05, 3.63) is 66.8 Å². The summed E-state index contributed by atoms with van der Waals surface area (Å²) >= 11 is 0. The zero-order chi connectivity index (χ0) is 26.6. The Morgan fingerprint density at radius 3 is 2.92 bits per heavy atom. The number of carbonyl (C=O) groups excluding carboxylic acids is 1. The third-order valence-corrected chi connectivity index (χ3v) is 6.52. The Labute approximate surface area is 217 Å². The second-order valence-corrected chi connectivity index (χ2v) is 9.01. The van der Waals surface area contributed by atoms with Gasteiger partial charge in [-0.2, -0.15) is 5.10 Å². The highest BCUT2D eigenvalue weighted by Crippen LogP contribution is 2.39. The average molecular weight is 524 g/mol. The number of amides is 1. The molecule has 1 atom stereocenters. The maximum absolute atomic E-state index is 15.0. The van der Waals surface area contributed by atoms with Gasteiger partial charge in [0, 0.05) is 30.2 Å². The lowest BCUT2D eigenvalue weighted by molar-refractivity contribution is -0.118. The van der Waals surface area contributed by atoms with E-state index < -0.39 is 17.5 Å². The van der Waals surface area contributed by atoms with Crippen LogP contribution in [0.15, 0.2) is 55.1 Å². The van der Waals surface area contributed by atoms with Gasteiger partial charge in [0.2, 0.25) is 5.91 Å². The minimum absolute atomic E-state index is 0.0898. The third kappa shape index (κ3) is 5.27. The number of carbonyl (C=O) groups is 1. The van der Waals surface area contributed by atoms with Crippen molar-refractivity contribution >= 4 is 34.0 Å². The van der Waals surface area contributed by atoms with Crippen molar-refractivity contribution in [2.75, 3.05) is 31.2 Å². The third-order valence-electron chi connectivity index (χ3n) is 6.52. The number of anilines is 3. The van der Waals surface area contributed by atoms with Crippen LogP contribution in [0.4, 0.5) is 26.0 Å². The summed E-state index contributed by atoms with van der Waals surface area (Å²) in [7, 11) is 0. The lowest BCUT2D eigenvalue weighted by Gasteiger charge is -2.24. The molecule has 3 N–H and O–H groups in total. The molecule has 2 aromatic heterocycles. The molecule has 0 aliphatic carbocycles. The number of aliphatic hydroxyl groups excluding tert-OH is 1. The van der Waals surface area contributed by atoms with Gasteiger partial charge in [-0.05, 0) is 43.7 Å². The highest BCUT2D eigenvalue weighted by atomic mass is 19.2. The second kappa shape index (κ2) is 11.1. The largest absolute Gasteiger partial charge is 0.492 e. The van der Waals surface area contributed by atoms with Gasteiger partial charge in [0.15, 0.2) is 11.6 Å². The van der Waals surface area contributed by atoms with Crippen LogP contribution in [0.3, 0.4) is 0 Å². The van der Waals surface area contributed by atoms with Gasteiger partial charge in [-0.25, -0.2) is 18.7 Å². The van der Waals surface area contributed by atoms with Crippen LogP contribution in [0, 0.1) is 11.6 Å². The van der Waals surface area contributed by atoms with Crippen LogP contribution < -0.4 is 15.4 Å². The van der Waals surface area contributed by atoms with Gasteiger partial charge in [-0.1, -0.05) is 6.07 Å². The maximum Gasteiger partial charge on any atom is 0.239 e. The first-order valence-corrected chi connectivity index (χ1v) is 12.2. The number of hydrogen-bond donors (Lipinski definition) is 2. The molecule has 2 aromatic carbocycles. The molecule has 3 heterocycles. The molecule has 12 heteroatoms. The predicted molar refractivity (Wildman–Crippen MR) is 136 cm³/mol. The van der Waals surface area contributed by atoms with Gasteiger partial charge in [0.1, 0.15) is 31.0 Å². The normalized spacial score (nSPS) is 15.7. The fourth-order valence-corrected chi connectivity index (χ4v) is 4.72. The SMILES string of the molecule is NC(=O)Cn1cc(N(c2cccc(F)c2F)c2ncnc3cc(OCCN4CCC[C@@H]4CO)ccc23)cn1. The Bertz CT molecular complexity index is 1450. The van der Waals surface area contributed by atoms with Crippen LogP contribution in [-0.4, -0.2) is 68.0 Å². The number of benzene rings is 2. The van der Waals surface area contributed by atoms with Gasteiger partial charge < -0.3 is 15.6 Å². The summed E-state index contributed by atoms with van der Waals surface area (Å²) in [5.41, 5.74) is 6.07. The highest BCUT2D eigenvalue weighted by Gasteiger charge is 2.25. The van der Waals surface area contributed by atoms with Crippen LogP contribution in [0.25, 0.3) is 10.9 Å². The number of rotatable bonds is 10. The molecule has 5 rings (SSSR count). The van der Waals surface area contributed by atoms with E-state index in [-0.39, 0.29) is 30.7 Å². The molecule has 4 aromatic rings. The van der Waals surface area contributed by atoms with E-state index in [4.69, 9.17) is 10.5 Å². The van der Waals surface area contributed by atoms with Crippen molar-refractivity contribution in [1.82, 2.24) is 24.6 Å². The molecular formula is C26H27F2N7O3. The molecular weight excluding hydrogens is 496 g/mol. The standard InChI is InChI=1S/C26H27F2N7O3/c27-21-4-1-5-23(25(21)28)35(18-12-32-34(13-18)14-24(29)37)26-20-7-6-19(11-22(20)30-16-31-26)38-10-9-33-8-2-3-17(33)15-36/h1,4-7,11-13,16-17,36H,2-3,8-10,14-15H2,(H2,29,37)/t17-/m1/s1. The molecule has 0 unspecified atom stereocenters. The summed E-state index contributed by atoms with van der Waals surface area (Å²) in [6.45, 7) is 2.03. The highest BCUT2D eigenvalue weighted by molar-refractivity contribution is 5.95. The van der Waals surface area contributed by atoms with Gasteiger partial charge >= 0.3 is 0 Å².